The normalized spacial score (nSPS) is 10.9. The van der Waals surface area contributed by atoms with Crippen molar-refractivity contribution in [3.8, 4) is 5.75 Å². The molecule has 0 aliphatic rings. The maximum Gasteiger partial charge on any atom is 0.417 e. The summed E-state index contributed by atoms with van der Waals surface area (Å²) >= 11 is 0. The van der Waals surface area contributed by atoms with Gasteiger partial charge in [-0.1, -0.05) is 6.07 Å². The summed E-state index contributed by atoms with van der Waals surface area (Å²) in [5.74, 6) is -1.03. The van der Waals surface area contributed by atoms with E-state index in [0.717, 1.165) is 12.1 Å². The Kier molecular flexibility index (Phi) is 4.91. The van der Waals surface area contributed by atoms with E-state index in [1.54, 1.807) is 6.92 Å². The van der Waals surface area contributed by atoms with Crippen molar-refractivity contribution in [1.82, 2.24) is 0 Å². The first-order valence-corrected chi connectivity index (χ1v) is 5.34. The molecular formula is C12H11F3O4. The first-order chi connectivity index (χ1) is 8.90. The van der Waals surface area contributed by atoms with Crippen LogP contribution in [0.3, 0.4) is 0 Å². The Bertz CT molecular complexity index is 469. The zero-order valence-corrected chi connectivity index (χ0v) is 9.99. The van der Waals surface area contributed by atoms with Crippen LogP contribution in [-0.2, 0) is 15.7 Å². The standard InChI is InChI=1S/C12H11F3O4/c1-2-18-11(17)7-19-10-5-3-4-9(8(10)6-16)12(13,14)15/h3-6H,2,7H2,1H3. The lowest BCUT2D eigenvalue weighted by Crippen LogP contribution is -2.16. The Morgan fingerprint density at radius 3 is 2.58 bits per heavy atom. The summed E-state index contributed by atoms with van der Waals surface area (Å²) in [5, 5.41) is 0. The highest BCUT2D eigenvalue weighted by molar-refractivity contribution is 5.82. The minimum Gasteiger partial charge on any atom is -0.481 e. The molecule has 1 rings (SSSR count). The van der Waals surface area contributed by atoms with E-state index in [9.17, 15) is 22.8 Å². The van der Waals surface area contributed by atoms with Crippen molar-refractivity contribution < 1.29 is 32.2 Å². The van der Waals surface area contributed by atoms with Crippen LogP contribution in [0.25, 0.3) is 0 Å². The molecule has 0 amide bonds. The third kappa shape index (κ3) is 3.97. The van der Waals surface area contributed by atoms with Gasteiger partial charge in [-0.2, -0.15) is 13.2 Å². The zero-order valence-electron chi connectivity index (χ0n) is 9.99. The first-order valence-electron chi connectivity index (χ1n) is 5.34. The molecule has 0 saturated carbocycles. The van der Waals surface area contributed by atoms with Gasteiger partial charge in [-0.05, 0) is 19.1 Å². The summed E-state index contributed by atoms with van der Waals surface area (Å²) in [5.41, 5.74) is -1.75. The molecule has 0 spiro atoms. The third-order valence-electron chi connectivity index (χ3n) is 2.14. The second kappa shape index (κ2) is 6.21. The van der Waals surface area contributed by atoms with Gasteiger partial charge in [-0.15, -0.1) is 0 Å². The van der Waals surface area contributed by atoms with Crippen LogP contribution in [0.2, 0.25) is 0 Å². The second-order valence-electron chi connectivity index (χ2n) is 3.43. The predicted octanol–water partition coefficient (Wildman–Crippen LogP) is 2.46. The van der Waals surface area contributed by atoms with E-state index >= 15 is 0 Å². The average Bonchev–Trinajstić information content (AvgIpc) is 2.35. The number of carbonyl (C=O) groups excluding carboxylic acids is 2. The maximum absolute atomic E-state index is 12.6. The molecule has 0 radical (unpaired) electrons. The molecule has 0 saturated heterocycles. The molecule has 0 fully saturated rings. The third-order valence-corrected chi connectivity index (χ3v) is 2.14. The van der Waals surface area contributed by atoms with E-state index < -0.39 is 29.9 Å². The molecule has 104 valence electrons. The van der Waals surface area contributed by atoms with E-state index in [1.807, 2.05) is 0 Å². The van der Waals surface area contributed by atoms with Crippen molar-refractivity contribution in [2.24, 2.45) is 0 Å². The van der Waals surface area contributed by atoms with Crippen LogP contribution in [0.15, 0.2) is 18.2 Å². The van der Waals surface area contributed by atoms with Gasteiger partial charge in [0.15, 0.2) is 12.9 Å². The summed E-state index contributed by atoms with van der Waals surface area (Å²) in [4.78, 5) is 21.8. The topological polar surface area (TPSA) is 52.6 Å². The fourth-order valence-corrected chi connectivity index (χ4v) is 1.38. The molecule has 1 aromatic carbocycles. The van der Waals surface area contributed by atoms with E-state index in [0.29, 0.717) is 0 Å². The van der Waals surface area contributed by atoms with Gasteiger partial charge in [0.25, 0.3) is 0 Å². The van der Waals surface area contributed by atoms with Crippen molar-refractivity contribution >= 4 is 12.3 Å². The van der Waals surface area contributed by atoms with Crippen LogP contribution in [0.1, 0.15) is 22.8 Å². The van der Waals surface area contributed by atoms with Gasteiger partial charge in [0.1, 0.15) is 5.75 Å². The number of hydrogen-bond donors (Lipinski definition) is 0. The average molecular weight is 276 g/mol. The first kappa shape index (κ1) is 15.0. The summed E-state index contributed by atoms with van der Waals surface area (Å²) in [7, 11) is 0. The van der Waals surface area contributed by atoms with E-state index in [1.165, 1.54) is 6.07 Å². The van der Waals surface area contributed by atoms with Gasteiger partial charge < -0.3 is 9.47 Å². The highest BCUT2D eigenvalue weighted by Crippen LogP contribution is 2.34. The molecule has 1 aromatic rings. The second-order valence-corrected chi connectivity index (χ2v) is 3.43. The summed E-state index contributed by atoms with van der Waals surface area (Å²) < 4.78 is 47.3. The van der Waals surface area contributed by atoms with Crippen molar-refractivity contribution in [3.05, 3.63) is 29.3 Å². The molecule has 0 aromatic heterocycles. The molecule has 0 aliphatic heterocycles. The fraction of sp³-hybridized carbons (Fsp3) is 0.333. The largest absolute Gasteiger partial charge is 0.481 e. The SMILES string of the molecule is CCOC(=O)COc1cccc(C(F)(F)F)c1C=O. The summed E-state index contributed by atoms with van der Waals surface area (Å²) in [6.07, 6.45) is -4.62. The number of alkyl halides is 3. The van der Waals surface area contributed by atoms with Crippen molar-refractivity contribution in [2.75, 3.05) is 13.2 Å². The van der Waals surface area contributed by atoms with Crippen molar-refractivity contribution in [2.45, 2.75) is 13.1 Å². The molecule has 0 bridgehead atoms. The Labute approximate surface area is 107 Å². The number of benzene rings is 1. The van der Waals surface area contributed by atoms with Gasteiger partial charge in [-0.25, -0.2) is 4.79 Å². The van der Waals surface area contributed by atoms with Crippen molar-refractivity contribution in [3.63, 3.8) is 0 Å². The van der Waals surface area contributed by atoms with Crippen LogP contribution in [0.4, 0.5) is 13.2 Å². The van der Waals surface area contributed by atoms with Crippen LogP contribution in [-0.4, -0.2) is 25.5 Å². The van der Waals surface area contributed by atoms with E-state index in [4.69, 9.17) is 4.74 Å². The quantitative estimate of drug-likeness (QED) is 0.612. The molecule has 0 N–H and O–H groups in total. The van der Waals surface area contributed by atoms with Crippen LogP contribution in [0, 0.1) is 0 Å². The Balaban J connectivity index is 2.96. The number of ether oxygens (including phenoxy) is 2. The number of aldehydes is 1. The number of hydrogen-bond acceptors (Lipinski definition) is 4. The Hall–Kier alpha value is -2.05. The number of rotatable bonds is 5. The molecule has 4 nitrogen and oxygen atoms in total. The number of esters is 1. The van der Waals surface area contributed by atoms with E-state index in [-0.39, 0.29) is 18.6 Å². The van der Waals surface area contributed by atoms with Gasteiger partial charge >= 0.3 is 12.1 Å². The van der Waals surface area contributed by atoms with Gasteiger partial charge in [0, 0.05) is 0 Å². The highest BCUT2D eigenvalue weighted by atomic mass is 19.4. The van der Waals surface area contributed by atoms with Crippen LogP contribution < -0.4 is 4.74 Å². The van der Waals surface area contributed by atoms with E-state index in [2.05, 4.69) is 4.74 Å². The molecule has 0 atom stereocenters. The van der Waals surface area contributed by atoms with Crippen LogP contribution in [0.5, 0.6) is 5.75 Å². The fourth-order valence-electron chi connectivity index (χ4n) is 1.38. The molecular weight excluding hydrogens is 265 g/mol. The van der Waals surface area contributed by atoms with Gasteiger partial charge in [-0.3, -0.25) is 4.79 Å². The lowest BCUT2D eigenvalue weighted by atomic mass is 10.1. The van der Waals surface area contributed by atoms with Gasteiger partial charge in [0.05, 0.1) is 17.7 Å². The molecule has 0 unspecified atom stereocenters. The number of halogens is 3. The Morgan fingerprint density at radius 1 is 1.37 bits per heavy atom. The minimum atomic E-state index is -4.67. The lowest BCUT2D eigenvalue weighted by molar-refractivity contribution is -0.145. The maximum atomic E-state index is 12.6. The highest BCUT2D eigenvalue weighted by Gasteiger charge is 2.34. The molecule has 7 heteroatoms. The zero-order chi connectivity index (χ0) is 14.5. The molecule has 19 heavy (non-hydrogen) atoms. The van der Waals surface area contributed by atoms with Gasteiger partial charge in [0.2, 0.25) is 0 Å². The molecule has 0 aliphatic carbocycles. The predicted molar refractivity (Wildman–Crippen MR) is 59.0 cm³/mol. The Morgan fingerprint density at radius 2 is 2.05 bits per heavy atom. The summed E-state index contributed by atoms with van der Waals surface area (Å²) in [6, 6.07) is 3.04. The van der Waals surface area contributed by atoms with Crippen molar-refractivity contribution in [1.29, 1.82) is 0 Å². The number of carbonyl (C=O) groups is 2. The minimum absolute atomic E-state index is 0.0450. The smallest absolute Gasteiger partial charge is 0.417 e. The summed E-state index contributed by atoms with van der Waals surface area (Å²) in [6.45, 7) is 1.15. The molecule has 0 heterocycles. The lowest BCUT2D eigenvalue weighted by Gasteiger charge is -2.13. The monoisotopic (exact) mass is 276 g/mol. The van der Waals surface area contributed by atoms with Crippen LogP contribution >= 0.6 is 0 Å².